The van der Waals surface area contributed by atoms with Gasteiger partial charge < -0.3 is 5.32 Å². The van der Waals surface area contributed by atoms with Crippen LogP contribution in [-0.4, -0.2) is 22.5 Å². The highest BCUT2D eigenvalue weighted by molar-refractivity contribution is 8.14. The summed E-state index contributed by atoms with van der Waals surface area (Å²) < 4.78 is 0. The number of thioether (sulfide) groups is 1. The molecule has 1 rings (SSSR count). The third-order valence-corrected chi connectivity index (χ3v) is 4.76. The Morgan fingerprint density at radius 2 is 2.12 bits per heavy atom. The highest BCUT2D eigenvalue weighted by atomic mass is 32.2. The molecule has 1 saturated heterocycles. The standard InChI is InChI=1S/C13H26N2S/c1-6-10(3)8-11(4)14-12-15-13(5,7-2)9-16-12/h10-11H,6-9H2,1-5H3,(H,14,15). The van der Waals surface area contributed by atoms with Gasteiger partial charge in [0.2, 0.25) is 0 Å². The summed E-state index contributed by atoms with van der Waals surface area (Å²) in [6.45, 7) is 11.3. The fourth-order valence-electron chi connectivity index (χ4n) is 1.82. The van der Waals surface area contributed by atoms with Crippen LogP contribution in [0.2, 0.25) is 0 Å². The molecule has 0 radical (unpaired) electrons. The molecule has 0 amide bonds. The summed E-state index contributed by atoms with van der Waals surface area (Å²) in [5.74, 6) is 1.93. The van der Waals surface area contributed by atoms with Crippen LogP contribution in [0, 0.1) is 5.92 Å². The van der Waals surface area contributed by atoms with Gasteiger partial charge in [-0.3, -0.25) is 4.99 Å². The Labute approximate surface area is 105 Å². The van der Waals surface area contributed by atoms with E-state index in [1.165, 1.54) is 19.3 Å². The SMILES string of the molecule is CCC(C)CC(C)N=C1NC(C)(CC)CS1. The highest BCUT2D eigenvalue weighted by Crippen LogP contribution is 2.26. The van der Waals surface area contributed by atoms with E-state index < -0.39 is 0 Å². The number of hydrogen-bond donors (Lipinski definition) is 1. The number of nitrogens with zero attached hydrogens (tertiary/aromatic N) is 1. The largest absolute Gasteiger partial charge is 0.359 e. The lowest BCUT2D eigenvalue weighted by molar-refractivity contribution is 0.456. The predicted octanol–water partition coefficient (Wildman–Crippen LogP) is 3.67. The smallest absolute Gasteiger partial charge is 0.157 e. The van der Waals surface area contributed by atoms with Crippen molar-refractivity contribution in [3.8, 4) is 0 Å². The van der Waals surface area contributed by atoms with E-state index in [0.29, 0.717) is 6.04 Å². The Balaban J connectivity index is 2.46. The number of aliphatic imine (C=N–C) groups is 1. The number of hydrogen-bond acceptors (Lipinski definition) is 2. The van der Waals surface area contributed by atoms with E-state index in [-0.39, 0.29) is 5.54 Å². The molecule has 0 aliphatic carbocycles. The molecule has 2 nitrogen and oxygen atoms in total. The second-order valence-electron chi connectivity index (χ2n) is 5.36. The lowest BCUT2D eigenvalue weighted by Gasteiger charge is -2.21. The lowest BCUT2D eigenvalue weighted by atomic mass is 10.0. The molecule has 1 aliphatic rings. The van der Waals surface area contributed by atoms with Crippen LogP contribution in [0.3, 0.4) is 0 Å². The van der Waals surface area contributed by atoms with E-state index >= 15 is 0 Å². The summed E-state index contributed by atoms with van der Waals surface area (Å²) in [6, 6.07) is 0.448. The number of rotatable bonds is 5. The normalized spacial score (nSPS) is 31.4. The molecule has 0 bridgehead atoms. The Morgan fingerprint density at radius 1 is 1.44 bits per heavy atom. The van der Waals surface area contributed by atoms with E-state index in [4.69, 9.17) is 4.99 Å². The first-order chi connectivity index (χ1) is 7.49. The summed E-state index contributed by atoms with van der Waals surface area (Å²) in [4.78, 5) is 4.78. The fraction of sp³-hybridized carbons (Fsp3) is 0.923. The van der Waals surface area contributed by atoms with Gasteiger partial charge in [-0.15, -0.1) is 0 Å². The quantitative estimate of drug-likeness (QED) is 0.795. The van der Waals surface area contributed by atoms with Crippen molar-refractivity contribution in [1.29, 1.82) is 0 Å². The molecule has 3 unspecified atom stereocenters. The molecule has 0 aromatic rings. The summed E-state index contributed by atoms with van der Waals surface area (Å²) >= 11 is 1.88. The average Bonchev–Trinajstić information content (AvgIpc) is 2.60. The van der Waals surface area contributed by atoms with Crippen LogP contribution < -0.4 is 5.32 Å². The van der Waals surface area contributed by atoms with Crippen molar-refractivity contribution in [3.05, 3.63) is 0 Å². The van der Waals surface area contributed by atoms with E-state index in [1.54, 1.807) is 0 Å². The topological polar surface area (TPSA) is 24.4 Å². The Morgan fingerprint density at radius 3 is 2.62 bits per heavy atom. The van der Waals surface area contributed by atoms with E-state index in [2.05, 4.69) is 39.9 Å². The molecule has 94 valence electrons. The van der Waals surface area contributed by atoms with Gasteiger partial charge in [-0.2, -0.15) is 0 Å². The summed E-state index contributed by atoms with van der Waals surface area (Å²) in [5, 5.41) is 4.71. The van der Waals surface area contributed by atoms with Gasteiger partial charge in [0, 0.05) is 11.3 Å². The second-order valence-corrected chi connectivity index (χ2v) is 6.32. The van der Waals surface area contributed by atoms with E-state index in [1.807, 2.05) is 11.8 Å². The van der Waals surface area contributed by atoms with Gasteiger partial charge >= 0.3 is 0 Å². The summed E-state index contributed by atoms with van der Waals surface area (Å²) in [6.07, 6.45) is 3.62. The molecule has 1 heterocycles. The number of amidine groups is 1. The number of nitrogens with one attached hydrogen (secondary N) is 1. The van der Waals surface area contributed by atoms with Crippen molar-refractivity contribution < 1.29 is 0 Å². The average molecular weight is 242 g/mol. The molecule has 0 aromatic heterocycles. The molecule has 3 atom stereocenters. The highest BCUT2D eigenvalue weighted by Gasteiger charge is 2.30. The van der Waals surface area contributed by atoms with Crippen LogP contribution in [0.5, 0.6) is 0 Å². The Bertz CT molecular complexity index is 252. The minimum absolute atomic E-state index is 0.263. The van der Waals surface area contributed by atoms with E-state index in [0.717, 1.165) is 16.8 Å². The predicted molar refractivity (Wildman–Crippen MR) is 75.3 cm³/mol. The van der Waals surface area contributed by atoms with Gasteiger partial charge in [-0.25, -0.2) is 0 Å². The molecular formula is C13H26N2S. The summed E-state index contributed by atoms with van der Waals surface area (Å²) in [7, 11) is 0. The minimum Gasteiger partial charge on any atom is -0.359 e. The third-order valence-electron chi connectivity index (χ3n) is 3.49. The molecule has 0 aromatic carbocycles. The fourth-order valence-corrected chi connectivity index (χ4v) is 3.12. The van der Waals surface area contributed by atoms with E-state index in [9.17, 15) is 0 Å². The molecule has 3 heteroatoms. The monoisotopic (exact) mass is 242 g/mol. The first-order valence-electron chi connectivity index (χ1n) is 6.48. The molecule has 0 spiro atoms. The maximum atomic E-state index is 4.78. The molecule has 1 N–H and O–H groups in total. The van der Waals surface area contributed by atoms with Crippen LogP contribution in [0.4, 0.5) is 0 Å². The van der Waals surface area contributed by atoms with Crippen LogP contribution in [0.1, 0.15) is 53.9 Å². The molecule has 1 aliphatic heterocycles. The summed E-state index contributed by atoms with van der Waals surface area (Å²) in [5.41, 5.74) is 0.263. The van der Waals surface area contributed by atoms with Gasteiger partial charge in [0.1, 0.15) is 0 Å². The van der Waals surface area contributed by atoms with Crippen molar-refractivity contribution in [2.24, 2.45) is 10.9 Å². The Hall–Kier alpha value is -0.180. The van der Waals surface area contributed by atoms with Crippen LogP contribution in [-0.2, 0) is 0 Å². The maximum Gasteiger partial charge on any atom is 0.157 e. The molecule has 0 saturated carbocycles. The first-order valence-corrected chi connectivity index (χ1v) is 7.46. The zero-order chi connectivity index (χ0) is 12.2. The van der Waals surface area contributed by atoms with Gasteiger partial charge in [-0.1, -0.05) is 39.0 Å². The van der Waals surface area contributed by atoms with Crippen molar-refractivity contribution in [2.45, 2.75) is 65.5 Å². The molecule has 16 heavy (non-hydrogen) atoms. The van der Waals surface area contributed by atoms with Crippen LogP contribution in [0.25, 0.3) is 0 Å². The van der Waals surface area contributed by atoms with Crippen molar-refractivity contribution in [1.82, 2.24) is 5.32 Å². The van der Waals surface area contributed by atoms with Crippen LogP contribution in [0.15, 0.2) is 4.99 Å². The second kappa shape index (κ2) is 5.95. The van der Waals surface area contributed by atoms with Crippen LogP contribution >= 0.6 is 11.8 Å². The van der Waals surface area contributed by atoms with Crippen molar-refractivity contribution in [3.63, 3.8) is 0 Å². The molecular weight excluding hydrogens is 216 g/mol. The Kier molecular flexibility index (Phi) is 5.16. The van der Waals surface area contributed by atoms with Crippen molar-refractivity contribution in [2.75, 3.05) is 5.75 Å². The zero-order valence-electron chi connectivity index (χ0n) is 11.3. The van der Waals surface area contributed by atoms with Gasteiger partial charge in [0.25, 0.3) is 0 Å². The third kappa shape index (κ3) is 4.00. The van der Waals surface area contributed by atoms with Gasteiger partial charge in [0.05, 0.1) is 6.04 Å². The minimum atomic E-state index is 0.263. The zero-order valence-corrected chi connectivity index (χ0v) is 12.2. The lowest BCUT2D eigenvalue weighted by Crippen LogP contribution is -2.39. The molecule has 1 fully saturated rings. The van der Waals surface area contributed by atoms with Gasteiger partial charge in [0.15, 0.2) is 5.17 Å². The van der Waals surface area contributed by atoms with Gasteiger partial charge in [-0.05, 0) is 32.6 Å². The van der Waals surface area contributed by atoms with Crippen molar-refractivity contribution >= 4 is 16.9 Å². The maximum absolute atomic E-state index is 4.78. The first kappa shape index (κ1) is 13.9.